The van der Waals surface area contributed by atoms with Crippen LogP contribution >= 0.6 is 0 Å². The van der Waals surface area contributed by atoms with Crippen molar-refractivity contribution in [1.29, 1.82) is 0 Å². The number of aromatic amines is 1. The van der Waals surface area contributed by atoms with Gasteiger partial charge in [0.15, 0.2) is 11.5 Å². The predicted octanol–water partition coefficient (Wildman–Crippen LogP) is 4.99. The molecule has 3 aromatic rings. The summed E-state index contributed by atoms with van der Waals surface area (Å²) in [6.45, 7) is 4.20. The molecule has 1 saturated heterocycles. The van der Waals surface area contributed by atoms with Crippen LogP contribution in [0.3, 0.4) is 0 Å². The summed E-state index contributed by atoms with van der Waals surface area (Å²) in [5, 5.41) is 0.989. The quantitative estimate of drug-likeness (QED) is 0.612. The van der Waals surface area contributed by atoms with Crippen molar-refractivity contribution < 1.29 is 18.6 Å². The fraction of sp³-hybridized carbons (Fsp3) is 0.462. The molecule has 1 unspecified atom stereocenters. The van der Waals surface area contributed by atoms with Crippen LogP contribution in [0, 0.1) is 11.7 Å². The number of halogens is 1. The van der Waals surface area contributed by atoms with E-state index in [1.165, 1.54) is 22.8 Å². The first kappa shape index (κ1) is 20.1. The highest BCUT2D eigenvalue weighted by atomic mass is 19.1. The minimum absolute atomic E-state index is 0.185. The average Bonchev–Trinajstić information content (AvgIpc) is 3.44. The largest absolute Gasteiger partial charge is 0.454 e. The van der Waals surface area contributed by atoms with Gasteiger partial charge in [0.1, 0.15) is 5.82 Å². The molecular weight excluding hydrogens is 407 g/mol. The van der Waals surface area contributed by atoms with Crippen molar-refractivity contribution in [2.45, 2.75) is 38.1 Å². The fourth-order valence-electron chi connectivity index (χ4n) is 5.61. The SMILES string of the molecule is Fc1ccc2[nH]cc(CCC3c4cc5c(cc4CCN3CC3CCOCC3)OCO5)c2c1. The first-order valence-corrected chi connectivity index (χ1v) is 11.7. The zero-order chi connectivity index (χ0) is 21.5. The van der Waals surface area contributed by atoms with Crippen molar-refractivity contribution in [2.75, 3.05) is 33.1 Å². The molecule has 5 nitrogen and oxygen atoms in total. The number of aryl methyl sites for hydroxylation is 1. The van der Waals surface area contributed by atoms with Gasteiger partial charge in [-0.05, 0) is 85.0 Å². The number of aromatic nitrogens is 1. The van der Waals surface area contributed by atoms with Crippen LogP contribution in [-0.2, 0) is 17.6 Å². The number of fused-ring (bicyclic) bond motifs is 3. The number of benzene rings is 2. The second-order valence-electron chi connectivity index (χ2n) is 9.26. The summed E-state index contributed by atoms with van der Waals surface area (Å²) < 4.78 is 30.8. The Morgan fingerprint density at radius 2 is 1.91 bits per heavy atom. The monoisotopic (exact) mass is 436 g/mol. The first-order valence-electron chi connectivity index (χ1n) is 11.7. The number of hydrogen-bond acceptors (Lipinski definition) is 4. The molecule has 1 atom stereocenters. The minimum Gasteiger partial charge on any atom is -0.454 e. The van der Waals surface area contributed by atoms with Crippen molar-refractivity contribution in [3.05, 3.63) is 59.0 Å². The van der Waals surface area contributed by atoms with Gasteiger partial charge < -0.3 is 19.2 Å². The van der Waals surface area contributed by atoms with Gasteiger partial charge in [-0.2, -0.15) is 0 Å². The van der Waals surface area contributed by atoms with Crippen LogP contribution in [0.15, 0.2) is 36.5 Å². The van der Waals surface area contributed by atoms with Gasteiger partial charge >= 0.3 is 0 Å². The number of rotatable bonds is 5. The number of hydrogen-bond donors (Lipinski definition) is 1. The van der Waals surface area contributed by atoms with E-state index in [0.717, 1.165) is 80.8 Å². The minimum atomic E-state index is -0.185. The van der Waals surface area contributed by atoms with Gasteiger partial charge in [-0.1, -0.05) is 0 Å². The van der Waals surface area contributed by atoms with Crippen molar-refractivity contribution in [3.63, 3.8) is 0 Å². The molecule has 32 heavy (non-hydrogen) atoms. The molecule has 6 rings (SSSR count). The summed E-state index contributed by atoms with van der Waals surface area (Å²) in [6.07, 6.45) is 7.23. The molecule has 3 aliphatic heterocycles. The lowest BCUT2D eigenvalue weighted by Crippen LogP contribution is -2.40. The van der Waals surface area contributed by atoms with Gasteiger partial charge in [0.25, 0.3) is 0 Å². The third-order valence-electron chi connectivity index (χ3n) is 7.35. The molecule has 1 fully saturated rings. The predicted molar refractivity (Wildman–Crippen MR) is 121 cm³/mol. The standard InChI is InChI=1S/C26H29FN2O3/c27-20-2-3-23-21(12-20)19(14-28-23)1-4-24-22-13-26-25(31-16-32-26)11-18(22)5-8-29(24)15-17-6-9-30-10-7-17/h2-3,11-14,17,24,28H,1,4-10,15-16H2. The second kappa shape index (κ2) is 8.41. The molecule has 4 heterocycles. The number of H-pyrrole nitrogens is 1. The summed E-state index contributed by atoms with van der Waals surface area (Å²) in [6, 6.07) is 9.67. The molecule has 0 bridgehead atoms. The Hall–Kier alpha value is -2.57. The van der Waals surface area contributed by atoms with E-state index >= 15 is 0 Å². The van der Waals surface area contributed by atoms with Crippen LogP contribution in [0.2, 0.25) is 0 Å². The number of nitrogens with one attached hydrogen (secondary N) is 1. The maximum Gasteiger partial charge on any atom is 0.231 e. The smallest absolute Gasteiger partial charge is 0.231 e. The van der Waals surface area contributed by atoms with Crippen LogP contribution < -0.4 is 9.47 Å². The third kappa shape index (κ3) is 3.76. The second-order valence-corrected chi connectivity index (χ2v) is 9.26. The van der Waals surface area contributed by atoms with Crippen molar-refractivity contribution in [3.8, 4) is 11.5 Å². The molecule has 0 amide bonds. The molecule has 3 aliphatic rings. The maximum atomic E-state index is 13.9. The van der Waals surface area contributed by atoms with E-state index < -0.39 is 0 Å². The normalized spacial score (nSPS) is 21.2. The fourth-order valence-corrected chi connectivity index (χ4v) is 5.61. The highest BCUT2D eigenvalue weighted by molar-refractivity contribution is 5.83. The Kier molecular flexibility index (Phi) is 5.27. The summed E-state index contributed by atoms with van der Waals surface area (Å²) >= 11 is 0. The zero-order valence-corrected chi connectivity index (χ0v) is 18.2. The molecular formula is C26H29FN2O3. The molecule has 2 aromatic carbocycles. The van der Waals surface area contributed by atoms with Crippen LogP contribution in [0.25, 0.3) is 10.9 Å². The van der Waals surface area contributed by atoms with Crippen LogP contribution in [0.4, 0.5) is 4.39 Å². The van der Waals surface area contributed by atoms with E-state index in [2.05, 4.69) is 22.0 Å². The summed E-state index contributed by atoms with van der Waals surface area (Å²) in [4.78, 5) is 5.97. The lowest BCUT2D eigenvalue weighted by Gasteiger charge is -2.40. The van der Waals surface area contributed by atoms with Crippen molar-refractivity contribution in [1.82, 2.24) is 9.88 Å². The van der Waals surface area contributed by atoms with Gasteiger partial charge in [0.2, 0.25) is 6.79 Å². The van der Waals surface area contributed by atoms with Gasteiger partial charge in [0.05, 0.1) is 0 Å². The molecule has 6 heteroatoms. The van der Waals surface area contributed by atoms with E-state index in [9.17, 15) is 4.39 Å². The van der Waals surface area contributed by atoms with E-state index in [1.807, 2.05) is 12.3 Å². The van der Waals surface area contributed by atoms with E-state index in [4.69, 9.17) is 14.2 Å². The van der Waals surface area contributed by atoms with Crippen LogP contribution in [0.5, 0.6) is 11.5 Å². The molecule has 168 valence electrons. The van der Waals surface area contributed by atoms with E-state index in [0.29, 0.717) is 18.8 Å². The molecule has 0 spiro atoms. The Bertz CT molecular complexity index is 1120. The molecule has 0 radical (unpaired) electrons. The Morgan fingerprint density at radius 1 is 1.06 bits per heavy atom. The zero-order valence-electron chi connectivity index (χ0n) is 18.2. The lowest BCUT2D eigenvalue weighted by molar-refractivity contribution is 0.0423. The maximum absolute atomic E-state index is 13.9. The highest BCUT2D eigenvalue weighted by Gasteiger charge is 2.32. The van der Waals surface area contributed by atoms with Gasteiger partial charge in [-0.25, -0.2) is 4.39 Å². The van der Waals surface area contributed by atoms with Gasteiger partial charge in [0, 0.05) is 49.4 Å². The first-order chi connectivity index (χ1) is 15.7. The van der Waals surface area contributed by atoms with Crippen molar-refractivity contribution >= 4 is 10.9 Å². The number of nitrogens with zero attached hydrogens (tertiary/aromatic N) is 1. The Morgan fingerprint density at radius 3 is 2.78 bits per heavy atom. The molecule has 1 N–H and O–H groups in total. The van der Waals surface area contributed by atoms with Crippen LogP contribution in [-0.4, -0.2) is 43.0 Å². The molecule has 0 aliphatic carbocycles. The summed E-state index contributed by atoms with van der Waals surface area (Å²) in [5.41, 5.74) is 4.90. The summed E-state index contributed by atoms with van der Waals surface area (Å²) in [5.74, 6) is 2.22. The van der Waals surface area contributed by atoms with Crippen molar-refractivity contribution in [2.24, 2.45) is 5.92 Å². The number of ether oxygens (including phenoxy) is 3. The Balaban J connectivity index is 1.29. The molecule has 1 aromatic heterocycles. The van der Waals surface area contributed by atoms with Gasteiger partial charge in [-0.15, -0.1) is 0 Å². The Labute approximate surface area is 187 Å². The highest BCUT2D eigenvalue weighted by Crippen LogP contribution is 2.42. The molecule has 0 saturated carbocycles. The lowest BCUT2D eigenvalue weighted by atomic mass is 9.87. The van der Waals surface area contributed by atoms with E-state index in [-0.39, 0.29) is 5.82 Å². The third-order valence-corrected chi connectivity index (χ3v) is 7.35. The summed E-state index contributed by atoms with van der Waals surface area (Å²) in [7, 11) is 0. The topological polar surface area (TPSA) is 46.7 Å². The van der Waals surface area contributed by atoms with E-state index in [1.54, 1.807) is 6.07 Å². The van der Waals surface area contributed by atoms with Gasteiger partial charge in [-0.3, -0.25) is 4.90 Å². The average molecular weight is 437 g/mol. The van der Waals surface area contributed by atoms with Crippen LogP contribution in [0.1, 0.15) is 42.0 Å².